The van der Waals surface area contributed by atoms with Crippen molar-refractivity contribution in [2.75, 3.05) is 13.7 Å². The van der Waals surface area contributed by atoms with E-state index in [0.717, 1.165) is 39.1 Å². The molecule has 4 aromatic rings. The molecule has 6 heteroatoms. The maximum Gasteiger partial charge on any atom is 0.156 e. The number of benzene rings is 1. The van der Waals surface area contributed by atoms with Gasteiger partial charge in [-0.25, -0.2) is 4.98 Å². The third kappa shape index (κ3) is 2.24. The minimum Gasteiger partial charge on any atom is -0.497 e. The number of aromatic amines is 1. The maximum atomic E-state index is 9.30. The minimum atomic E-state index is 0.0884. The predicted octanol–water partition coefficient (Wildman–Crippen LogP) is 2.58. The summed E-state index contributed by atoms with van der Waals surface area (Å²) in [5, 5.41) is 10.4. The summed E-state index contributed by atoms with van der Waals surface area (Å²) in [6.07, 6.45) is 5.38. The molecule has 23 heavy (non-hydrogen) atoms. The molecule has 0 aliphatic rings. The Hall–Kier alpha value is -2.86. The number of aliphatic hydroxyl groups is 1. The fourth-order valence-electron chi connectivity index (χ4n) is 2.91. The van der Waals surface area contributed by atoms with E-state index in [4.69, 9.17) is 4.74 Å². The molecule has 1 aromatic carbocycles. The van der Waals surface area contributed by atoms with Gasteiger partial charge >= 0.3 is 0 Å². The molecule has 6 nitrogen and oxygen atoms in total. The second-order valence-corrected chi connectivity index (χ2v) is 5.32. The normalized spacial score (nSPS) is 11.4. The summed E-state index contributed by atoms with van der Waals surface area (Å²) < 4.78 is 7.39. The fraction of sp³-hybridized carbons (Fsp3) is 0.176. The highest BCUT2D eigenvalue weighted by atomic mass is 16.5. The molecule has 116 valence electrons. The molecule has 0 aliphatic carbocycles. The number of hydrogen-bond acceptors (Lipinski definition) is 4. The van der Waals surface area contributed by atoms with E-state index in [1.54, 1.807) is 19.5 Å². The lowest BCUT2D eigenvalue weighted by Gasteiger charge is -2.03. The van der Waals surface area contributed by atoms with Crippen LogP contribution in [0.5, 0.6) is 5.75 Å². The molecule has 0 spiro atoms. The van der Waals surface area contributed by atoms with E-state index >= 15 is 0 Å². The highest BCUT2D eigenvalue weighted by molar-refractivity contribution is 5.98. The van der Waals surface area contributed by atoms with Gasteiger partial charge < -0.3 is 19.4 Å². The van der Waals surface area contributed by atoms with Crippen molar-refractivity contribution in [1.82, 2.24) is 19.5 Å². The predicted molar refractivity (Wildman–Crippen MR) is 88.5 cm³/mol. The van der Waals surface area contributed by atoms with E-state index in [1.807, 2.05) is 35.0 Å². The second-order valence-electron chi connectivity index (χ2n) is 5.32. The molecule has 0 atom stereocenters. The lowest BCUT2D eigenvalue weighted by molar-refractivity contribution is 0.278. The van der Waals surface area contributed by atoms with Gasteiger partial charge in [0.1, 0.15) is 11.3 Å². The van der Waals surface area contributed by atoms with Crippen LogP contribution in [-0.4, -0.2) is 38.3 Å². The van der Waals surface area contributed by atoms with E-state index in [9.17, 15) is 5.11 Å². The summed E-state index contributed by atoms with van der Waals surface area (Å²) in [5.41, 5.74) is 4.62. The minimum absolute atomic E-state index is 0.0884. The van der Waals surface area contributed by atoms with Crippen LogP contribution in [0.3, 0.4) is 0 Å². The van der Waals surface area contributed by atoms with Gasteiger partial charge in [0.05, 0.1) is 19.4 Å². The first-order chi connectivity index (χ1) is 11.3. The number of aromatic nitrogens is 4. The number of rotatable bonds is 4. The summed E-state index contributed by atoms with van der Waals surface area (Å²) in [5.74, 6) is 0.799. The Morgan fingerprint density at radius 3 is 2.87 bits per heavy atom. The van der Waals surface area contributed by atoms with Crippen LogP contribution in [0.2, 0.25) is 0 Å². The zero-order valence-corrected chi connectivity index (χ0v) is 12.7. The Labute approximate surface area is 132 Å². The van der Waals surface area contributed by atoms with Crippen LogP contribution in [0.1, 0.15) is 0 Å². The Kier molecular flexibility index (Phi) is 3.24. The second kappa shape index (κ2) is 5.40. The van der Waals surface area contributed by atoms with Gasteiger partial charge in [0, 0.05) is 41.6 Å². The van der Waals surface area contributed by atoms with Crippen LogP contribution in [0, 0.1) is 0 Å². The van der Waals surface area contributed by atoms with Crippen molar-refractivity contribution >= 4 is 22.1 Å². The smallest absolute Gasteiger partial charge is 0.156 e. The largest absolute Gasteiger partial charge is 0.497 e. The number of fused-ring (bicyclic) bond motifs is 2. The van der Waals surface area contributed by atoms with Crippen molar-refractivity contribution in [3.8, 4) is 17.0 Å². The molecule has 3 aromatic heterocycles. The maximum absolute atomic E-state index is 9.30. The molecule has 0 fully saturated rings. The van der Waals surface area contributed by atoms with Crippen molar-refractivity contribution in [2.24, 2.45) is 0 Å². The first-order valence-electron chi connectivity index (χ1n) is 7.38. The number of methoxy groups -OCH3 is 1. The van der Waals surface area contributed by atoms with Crippen LogP contribution in [0.25, 0.3) is 33.3 Å². The van der Waals surface area contributed by atoms with Crippen LogP contribution < -0.4 is 4.74 Å². The average molecular weight is 308 g/mol. The van der Waals surface area contributed by atoms with Crippen LogP contribution in [0.15, 0.2) is 42.9 Å². The molecular weight excluding hydrogens is 292 g/mol. The Morgan fingerprint density at radius 2 is 2.09 bits per heavy atom. The topological polar surface area (TPSA) is 76.0 Å². The molecule has 3 heterocycles. The molecule has 0 saturated heterocycles. The first kappa shape index (κ1) is 13.8. The molecule has 0 saturated carbocycles. The van der Waals surface area contributed by atoms with Crippen molar-refractivity contribution < 1.29 is 9.84 Å². The zero-order chi connectivity index (χ0) is 15.8. The monoisotopic (exact) mass is 308 g/mol. The van der Waals surface area contributed by atoms with Crippen LogP contribution in [0.4, 0.5) is 0 Å². The average Bonchev–Trinajstić information content (AvgIpc) is 3.16. The summed E-state index contributed by atoms with van der Waals surface area (Å²) in [7, 11) is 1.66. The number of aliphatic hydroxyl groups excluding tert-OH is 1. The molecule has 0 unspecified atom stereocenters. The van der Waals surface area contributed by atoms with Gasteiger partial charge in [-0.15, -0.1) is 0 Å². The lowest BCUT2D eigenvalue weighted by Crippen LogP contribution is -1.99. The standard InChI is InChI=1S/C17H16N4O2/c1-23-11-2-3-16-12(8-11)13(10-21(16)6-7-22)14-9-15-17(20-14)19-5-4-18-15/h2-5,8-10,22H,6-7H2,1H3,(H,19,20). The highest BCUT2D eigenvalue weighted by Gasteiger charge is 2.14. The molecule has 0 bridgehead atoms. The van der Waals surface area contributed by atoms with Gasteiger partial charge in [0.15, 0.2) is 5.65 Å². The van der Waals surface area contributed by atoms with Gasteiger partial charge in [-0.05, 0) is 24.3 Å². The summed E-state index contributed by atoms with van der Waals surface area (Å²) in [6, 6.07) is 7.92. The number of nitrogens with one attached hydrogen (secondary N) is 1. The summed E-state index contributed by atoms with van der Waals surface area (Å²) in [4.78, 5) is 11.9. The van der Waals surface area contributed by atoms with Crippen LogP contribution in [-0.2, 0) is 6.54 Å². The van der Waals surface area contributed by atoms with Crippen molar-refractivity contribution in [3.05, 3.63) is 42.9 Å². The van der Waals surface area contributed by atoms with E-state index in [1.165, 1.54) is 0 Å². The fourth-order valence-corrected chi connectivity index (χ4v) is 2.91. The number of H-pyrrole nitrogens is 1. The van der Waals surface area contributed by atoms with Crippen molar-refractivity contribution in [1.29, 1.82) is 0 Å². The molecule has 0 radical (unpaired) electrons. The summed E-state index contributed by atoms with van der Waals surface area (Å²) >= 11 is 0. The van der Waals surface area contributed by atoms with E-state index in [-0.39, 0.29) is 6.61 Å². The Balaban J connectivity index is 1.97. The Bertz CT molecular complexity index is 954. The highest BCUT2D eigenvalue weighted by Crippen LogP contribution is 2.33. The number of ether oxygens (including phenoxy) is 1. The molecule has 2 N–H and O–H groups in total. The number of nitrogens with zero attached hydrogens (tertiary/aromatic N) is 3. The molecular formula is C17H16N4O2. The van der Waals surface area contributed by atoms with Crippen molar-refractivity contribution in [3.63, 3.8) is 0 Å². The number of hydrogen-bond donors (Lipinski definition) is 2. The molecule has 4 rings (SSSR count). The molecule has 0 amide bonds. The zero-order valence-electron chi connectivity index (χ0n) is 12.7. The van der Waals surface area contributed by atoms with E-state index in [0.29, 0.717) is 6.54 Å². The Morgan fingerprint density at radius 1 is 1.22 bits per heavy atom. The summed E-state index contributed by atoms with van der Waals surface area (Å²) in [6.45, 7) is 0.630. The lowest BCUT2D eigenvalue weighted by atomic mass is 10.1. The van der Waals surface area contributed by atoms with E-state index < -0.39 is 0 Å². The van der Waals surface area contributed by atoms with Crippen LogP contribution >= 0.6 is 0 Å². The van der Waals surface area contributed by atoms with E-state index in [2.05, 4.69) is 15.0 Å². The van der Waals surface area contributed by atoms with Gasteiger partial charge in [0.2, 0.25) is 0 Å². The first-order valence-corrected chi connectivity index (χ1v) is 7.38. The van der Waals surface area contributed by atoms with Gasteiger partial charge in [-0.2, -0.15) is 0 Å². The van der Waals surface area contributed by atoms with Crippen molar-refractivity contribution in [2.45, 2.75) is 6.54 Å². The third-order valence-corrected chi connectivity index (χ3v) is 3.98. The van der Waals surface area contributed by atoms with Gasteiger partial charge in [-0.1, -0.05) is 0 Å². The quantitative estimate of drug-likeness (QED) is 0.607. The SMILES string of the molecule is COc1ccc2c(c1)c(-c1cc3nccnc3[nH]1)cn2CCO. The third-order valence-electron chi connectivity index (χ3n) is 3.98. The van der Waals surface area contributed by atoms with Gasteiger partial charge in [0.25, 0.3) is 0 Å². The molecule has 0 aliphatic heterocycles. The van der Waals surface area contributed by atoms with Gasteiger partial charge in [-0.3, -0.25) is 4.98 Å².